The quantitative estimate of drug-likeness (QED) is 0.581. The fourth-order valence-electron chi connectivity index (χ4n) is 1.01. The van der Waals surface area contributed by atoms with Crippen molar-refractivity contribution >= 4 is 41.8 Å². The van der Waals surface area contributed by atoms with E-state index in [-0.39, 0.29) is 0 Å². The van der Waals surface area contributed by atoms with Gasteiger partial charge in [-0.1, -0.05) is 31.2 Å². The first kappa shape index (κ1) is 9.48. The lowest BCUT2D eigenvalue weighted by molar-refractivity contribution is 1.15. The zero-order valence-electron chi connectivity index (χ0n) is 6.27. The lowest BCUT2D eigenvalue weighted by Gasteiger charge is -2.05. The molecule has 0 saturated heterocycles. The van der Waals surface area contributed by atoms with Crippen LogP contribution in [0.15, 0.2) is 24.3 Å². The van der Waals surface area contributed by atoms with Crippen molar-refractivity contribution in [3.05, 3.63) is 29.8 Å². The van der Waals surface area contributed by atoms with Gasteiger partial charge in [0.15, 0.2) is 0 Å². The van der Waals surface area contributed by atoms with Gasteiger partial charge in [0, 0.05) is 0 Å². The lowest BCUT2D eigenvalue weighted by atomic mass is 10.2. The Morgan fingerprint density at radius 3 is 2.36 bits per heavy atom. The maximum Gasteiger partial charge on any atom is 0.249 e. The Hall–Kier alpha value is 0.397. The largest absolute Gasteiger partial charge is 0.249 e. The molecule has 1 radical (unpaired) electrons. The molecule has 0 fully saturated rings. The van der Waals surface area contributed by atoms with E-state index in [1.54, 1.807) is 0 Å². The van der Waals surface area contributed by atoms with Gasteiger partial charge in [-0.2, -0.15) is 0 Å². The number of hydrogen-bond acceptors (Lipinski definition) is 0. The molecule has 0 saturated carbocycles. The fraction of sp³-hybridized carbons (Fsp3) is 0.250. The monoisotopic (exact) mass is 291 g/mol. The molecule has 1 aromatic carbocycles. The van der Waals surface area contributed by atoms with Crippen molar-refractivity contribution in [2.24, 2.45) is 0 Å². The third-order valence-electron chi connectivity index (χ3n) is 1.60. The molecule has 0 unspecified atom stereocenters. The molecule has 0 aliphatic heterocycles. The molecule has 0 amide bonds. The second-order valence-electron chi connectivity index (χ2n) is 2.27. The van der Waals surface area contributed by atoms with E-state index in [0.717, 1.165) is 6.42 Å². The number of aryl methyl sites for hydroxylation is 1. The number of benzene rings is 1. The van der Waals surface area contributed by atoms with Crippen LogP contribution in [0.4, 0.5) is 0 Å². The van der Waals surface area contributed by atoms with Crippen molar-refractivity contribution in [2.45, 2.75) is 13.3 Å². The third kappa shape index (κ3) is 2.42. The minimum atomic E-state index is -0.629. The van der Waals surface area contributed by atoms with Crippen LogP contribution in [0.1, 0.15) is 12.5 Å². The minimum Gasteiger partial charge on any atom is -0.106 e. The summed E-state index contributed by atoms with van der Waals surface area (Å²) < 4.78 is 0. The van der Waals surface area contributed by atoms with Crippen LogP contribution >= 0.6 is 30.6 Å². The van der Waals surface area contributed by atoms with Gasteiger partial charge in [0.2, 0.25) is 6.04 Å². The van der Waals surface area contributed by atoms with Crippen LogP contribution in [0.25, 0.3) is 0 Å². The maximum absolute atomic E-state index is 3.59. The average molecular weight is 293 g/mol. The number of hydrogen-bond donors (Lipinski definition) is 0. The van der Waals surface area contributed by atoms with Gasteiger partial charge in [-0.25, -0.2) is 0 Å². The van der Waals surface area contributed by atoms with Crippen molar-refractivity contribution in [2.75, 3.05) is 0 Å². The van der Waals surface area contributed by atoms with Crippen molar-refractivity contribution in [1.82, 2.24) is 0 Å². The predicted molar refractivity (Wildman–Crippen MR) is 59.1 cm³/mol. The highest BCUT2D eigenvalue weighted by Gasteiger charge is 2.08. The van der Waals surface area contributed by atoms with Gasteiger partial charge in [0.25, 0.3) is 0 Å². The van der Waals surface area contributed by atoms with Gasteiger partial charge in [-0.05, 0) is 17.2 Å². The molecule has 3 heteroatoms. The molecule has 0 aliphatic rings. The molecule has 0 aromatic heterocycles. The van der Waals surface area contributed by atoms with E-state index in [9.17, 15) is 0 Å². The highest BCUT2D eigenvalue weighted by molar-refractivity contribution is 9.49. The normalized spacial score (nSPS) is 10.5. The Balaban J connectivity index is 3.02. The summed E-state index contributed by atoms with van der Waals surface area (Å²) in [4.78, 5) is 0. The number of halogens is 2. The average Bonchev–Trinajstić information content (AvgIpc) is 2.04. The molecule has 0 aliphatic carbocycles. The first-order chi connectivity index (χ1) is 5.25. The summed E-state index contributed by atoms with van der Waals surface area (Å²) in [5.41, 5.74) is 1.44. The molecular formula is C8H9Br2Si. The van der Waals surface area contributed by atoms with E-state index in [1.165, 1.54) is 10.8 Å². The Bertz CT molecular complexity index is 235. The smallest absolute Gasteiger partial charge is 0.106 e. The molecule has 59 valence electrons. The standard InChI is InChI=1S/C8H9Br2Si/c1-2-7-5-3-4-6-8(7)11(9)10/h3-6H,2H2,1H3. The van der Waals surface area contributed by atoms with Crippen molar-refractivity contribution < 1.29 is 0 Å². The summed E-state index contributed by atoms with van der Waals surface area (Å²) in [7, 11) is 0. The van der Waals surface area contributed by atoms with Crippen LogP contribution in [0, 0.1) is 0 Å². The Kier molecular flexibility index (Phi) is 3.82. The second-order valence-corrected chi connectivity index (χ2v) is 11.3. The van der Waals surface area contributed by atoms with Crippen molar-refractivity contribution in [3.63, 3.8) is 0 Å². The van der Waals surface area contributed by atoms with Crippen molar-refractivity contribution in [1.29, 1.82) is 0 Å². The Morgan fingerprint density at radius 1 is 1.27 bits per heavy atom. The SMILES string of the molecule is CCc1ccccc1[Si](Br)Br. The minimum absolute atomic E-state index is 0.629. The van der Waals surface area contributed by atoms with Gasteiger partial charge in [-0.15, -0.1) is 30.6 Å². The van der Waals surface area contributed by atoms with Crippen LogP contribution in [0.5, 0.6) is 0 Å². The summed E-state index contributed by atoms with van der Waals surface area (Å²) in [5, 5.41) is 1.43. The van der Waals surface area contributed by atoms with Gasteiger partial charge in [-0.3, -0.25) is 0 Å². The lowest BCUT2D eigenvalue weighted by Crippen LogP contribution is -2.21. The summed E-state index contributed by atoms with van der Waals surface area (Å²) in [6.07, 6.45) is 1.11. The molecule has 11 heavy (non-hydrogen) atoms. The van der Waals surface area contributed by atoms with Crippen LogP contribution in [-0.4, -0.2) is 6.04 Å². The fourth-order valence-corrected chi connectivity index (χ4v) is 4.06. The van der Waals surface area contributed by atoms with Crippen LogP contribution in [0.2, 0.25) is 0 Å². The van der Waals surface area contributed by atoms with E-state index < -0.39 is 6.04 Å². The van der Waals surface area contributed by atoms with Gasteiger partial charge in [0.1, 0.15) is 0 Å². The van der Waals surface area contributed by atoms with E-state index in [4.69, 9.17) is 0 Å². The third-order valence-corrected chi connectivity index (χ3v) is 5.06. The zero-order chi connectivity index (χ0) is 8.27. The van der Waals surface area contributed by atoms with Crippen LogP contribution in [0.3, 0.4) is 0 Å². The molecule has 1 aromatic rings. The van der Waals surface area contributed by atoms with Gasteiger partial charge < -0.3 is 0 Å². The zero-order valence-corrected chi connectivity index (χ0v) is 10.4. The maximum atomic E-state index is 3.59. The van der Waals surface area contributed by atoms with Crippen LogP contribution in [-0.2, 0) is 6.42 Å². The highest BCUT2D eigenvalue weighted by atomic mass is 79.9. The molecule has 0 atom stereocenters. The molecule has 0 bridgehead atoms. The first-order valence-electron chi connectivity index (χ1n) is 3.52. The summed E-state index contributed by atoms with van der Waals surface area (Å²) in [5.74, 6) is 0. The first-order valence-corrected chi connectivity index (χ1v) is 9.53. The van der Waals surface area contributed by atoms with Crippen molar-refractivity contribution in [3.8, 4) is 0 Å². The Labute approximate surface area is 84.8 Å². The highest BCUT2D eigenvalue weighted by Crippen LogP contribution is 2.07. The van der Waals surface area contributed by atoms with Crippen LogP contribution < -0.4 is 5.19 Å². The van der Waals surface area contributed by atoms with E-state index in [2.05, 4.69) is 61.8 Å². The molecule has 0 heterocycles. The molecular weight excluding hydrogens is 284 g/mol. The second kappa shape index (κ2) is 4.43. The van der Waals surface area contributed by atoms with Gasteiger partial charge >= 0.3 is 0 Å². The molecule has 0 N–H and O–H groups in total. The predicted octanol–water partition coefficient (Wildman–Crippen LogP) is 2.73. The summed E-state index contributed by atoms with van der Waals surface area (Å²) in [6, 6.07) is 7.91. The van der Waals surface area contributed by atoms with E-state index >= 15 is 0 Å². The number of rotatable bonds is 2. The Morgan fingerprint density at radius 2 is 1.91 bits per heavy atom. The molecule has 1 rings (SSSR count). The summed E-state index contributed by atoms with van der Waals surface area (Å²) >= 11 is 7.19. The topological polar surface area (TPSA) is 0 Å². The molecule has 0 nitrogen and oxygen atoms in total. The molecule has 0 spiro atoms. The summed E-state index contributed by atoms with van der Waals surface area (Å²) in [6.45, 7) is 2.18. The van der Waals surface area contributed by atoms with E-state index in [0.29, 0.717) is 0 Å². The van der Waals surface area contributed by atoms with E-state index in [1.807, 2.05) is 0 Å². The van der Waals surface area contributed by atoms with Gasteiger partial charge in [0.05, 0.1) is 0 Å².